The molecule has 0 aromatic heterocycles. The van der Waals surface area contributed by atoms with Crippen LogP contribution in [0, 0.1) is 0 Å². The molecule has 6 heteroatoms. The van der Waals surface area contributed by atoms with Crippen molar-refractivity contribution in [3.8, 4) is 0 Å². The van der Waals surface area contributed by atoms with Crippen molar-refractivity contribution in [2.24, 2.45) is 0 Å². The summed E-state index contributed by atoms with van der Waals surface area (Å²) in [6.45, 7) is 1.52. The first-order chi connectivity index (χ1) is 13.1. The van der Waals surface area contributed by atoms with Crippen LogP contribution in [-0.4, -0.2) is 34.2 Å². The van der Waals surface area contributed by atoms with Gasteiger partial charge in [0.25, 0.3) is 5.91 Å². The molecule has 0 bridgehead atoms. The molecule has 1 N–H and O–H groups in total. The maximum atomic E-state index is 12.5. The molecule has 0 spiro atoms. The van der Waals surface area contributed by atoms with Crippen LogP contribution in [0.3, 0.4) is 0 Å². The lowest BCUT2D eigenvalue weighted by Crippen LogP contribution is -2.33. The number of urea groups is 1. The molecule has 138 valence electrons. The number of rotatable bonds is 5. The average molecular weight is 363 g/mol. The fourth-order valence-electron chi connectivity index (χ4n) is 3.66. The van der Waals surface area contributed by atoms with Crippen molar-refractivity contribution in [1.82, 2.24) is 15.1 Å². The number of carbonyl (C=O) groups excluding carboxylic acids is 3. The third-order valence-corrected chi connectivity index (χ3v) is 5.12. The van der Waals surface area contributed by atoms with Crippen LogP contribution in [0.5, 0.6) is 0 Å². The van der Waals surface area contributed by atoms with Crippen molar-refractivity contribution < 1.29 is 14.4 Å². The van der Waals surface area contributed by atoms with Crippen molar-refractivity contribution in [2.45, 2.75) is 32.0 Å². The second-order valence-electron chi connectivity index (χ2n) is 6.91. The third kappa shape index (κ3) is 3.43. The van der Waals surface area contributed by atoms with E-state index in [0.717, 1.165) is 5.56 Å². The molecule has 27 heavy (non-hydrogen) atoms. The molecule has 0 aliphatic carbocycles. The van der Waals surface area contributed by atoms with E-state index in [1.807, 2.05) is 59.5 Å². The van der Waals surface area contributed by atoms with E-state index in [-0.39, 0.29) is 18.4 Å². The minimum absolute atomic E-state index is 0.0536. The summed E-state index contributed by atoms with van der Waals surface area (Å²) in [6.07, 6.45) is 0.785. The number of benzene rings is 2. The fourth-order valence-corrected chi connectivity index (χ4v) is 3.66. The average Bonchev–Trinajstić information content (AvgIpc) is 3.24. The van der Waals surface area contributed by atoms with Crippen molar-refractivity contribution >= 4 is 17.8 Å². The van der Waals surface area contributed by atoms with Gasteiger partial charge in [-0.15, -0.1) is 0 Å². The zero-order valence-electron chi connectivity index (χ0n) is 14.9. The summed E-state index contributed by atoms with van der Waals surface area (Å²) in [5, 5.41) is 2.72. The van der Waals surface area contributed by atoms with Gasteiger partial charge in [-0.1, -0.05) is 54.6 Å². The highest BCUT2D eigenvalue weighted by Crippen LogP contribution is 2.24. The number of amides is 4. The van der Waals surface area contributed by atoms with E-state index in [4.69, 9.17) is 0 Å². The standard InChI is InChI=1S/C21H21N3O3/c25-18(23-13-16-9-4-5-10-17(16)14-23)11-6-12-24-20(26)19(22-21(24)27)15-7-2-1-3-8-15/h1-5,7-10,19H,6,11-14H2,(H,22,27)/t19-/m1/s1. The van der Waals surface area contributed by atoms with Crippen LogP contribution in [0.15, 0.2) is 54.6 Å². The zero-order valence-corrected chi connectivity index (χ0v) is 14.9. The Morgan fingerprint density at radius 3 is 2.26 bits per heavy atom. The molecule has 2 aliphatic heterocycles. The molecule has 1 saturated heterocycles. The van der Waals surface area contributed by atoms with Crippen LogP contribution in [-0.2, 0) is 22.7 Å². The van der Waals surface area contributed by atoms with E-state index in [1.54, 1.807) is 0 Å². The Balaban J connectivity index is 1.30. The van der Waals surface area contributed by atoms with Gasteiger partial charge in [-0.25, -0.2) is 4.79 Å². The number of carbonyl (C=O) groups is 3. The topological polar surface area (TPSA) is 69.7 Å². The predicted octanol–water partition coefficient (Wildman–Crippen LogP) is 2.60. The Morgan fingerprint density at radius 1 is 0.963 bits per heavy atom. The minimum Gasteiger partial charge on any atom is -0.334 e. The van der Waals surface area contributed by atoms with Crippen LogP contribution in [0.25, 0.3) is 0 Å². The third-order valence-electron chi connectivity index (χ3n) is 5.12. The molecule has 0 unspecified atom stereocenters. The molecule has 6 nitrogen and oxygen atoms in total. The highest BCUT2D eigenvalue weighted by Gasteiger charge is 2.38. The van der Waals surface area contributed by atoms with E-state index in [1.165, 1.54) is 16.0 Å². The van der Waals surface area contributed by atoms with Gasteiger partial charge in [0.1, 0.15) is 6.04 Å². The smallest absolute Gasteiger partial charge is 0.325 e. The van der Waals surface area contributed by atoms with E-state index in [9.17, 15) is 14.4 Å². The van der Waals surface area contributed by atoms with E-state index >= 15 is 0 Å². The lowest BCUT2D eigenvalue weighted by atomic mass is 10.1. The van der Waals surface area contributed by atoms with Gasteiger partial charge in [0.2, 0.25) is 5.91 Å². The van der Waals surface area contributed by atoms with Gasteiger partial charge in [-0.2, -0.15) is 0 Å². The summed E-state index contributed by atoms with van der Waals surface area (Å²) in [5.74, 6) is -0.204. The Hall–Kier alpha value is -3.15. The number of fused-ring (bicyclic) bond motifs is 1. The zero-order chi connectivity index (χ0) is 18.8. The van der Waals surface area contributed by atoms with Gasteiger partial charge >= 0.3 is 6.03 Å². The molecule has 1 atom stereocenters. The maximum absolute atomic E-state index is 12.5. The van der Waals surface area contributed by atoms with Crippen LogP contribution in [0.4, 0.5) is 4.79 Å². The van der Waals surface area contributed by atoms with Crippen LogP contribution >= 0.6 is 0 Å². The number of nitrogens with zero attached hydrogens (tertiary/aromatic N) is 2. The van der Waals surface area contributed by atoms with Gasteiger partial charge in [-0.3, -0.25) is 14.5 Å². The van der Waals surface area contributed by atoms with Crippen molar-refractivity contribution in [3.05, 3.63) is 71.3 Å². The van der Waals surface area contributed by atoms with Crippen molar-refractivity contribution in [3.63, 3.8) is 0 Å². The Bertz CT molecular complexity index is 856. The fraction of sp³-hybridized carbons (Fsp3) is 0.286. The molecule has 4 rings (SSSR count). The summed E-state index contributed by atoms with van der Waals surface area (Å²) in [6, 6.07) is 16.2. The normalized spacial score (nSPS) is 18.6. The Morgan fingerprint density at radius 2 is 1.59 bits per heavy atom. The lowest BCUT2D eigenvalue weighted by molar-refractivity contribution is -0.133. The van der Waals surface area contributed by atoms with Crippen LogP contribution in [0.2, 0.25) is 0 Å². The second-order valence-corrected chi connectivity index (χ2v) is 6.91. The van der Waals surface area contributed by atoms with Gasteiger partial charge in [0.15, 0.2) is 0 Å². The van der Waals surface area contributed by atoms with E-state index in [0.29, 0.717) is 25.9 Å². The molecular weight excluding hydrogens is 342 g/mol. The molecule has 2 heterocycles. The van der Waals surface area contributed by atoms with E-state index < -0.39 is 12.1 Å². The first-order valence-corrected chi connectivity index (χ1v) is 9.15. The Labute approximate surface area is 157 Å². The number of imide groups is 1. The minimum atomic E-state index is -0.637. The monoisotopic (exact) mass is 363 g/mol. The predicted molar refractivity (Wildman–Crippen MR) is 99.4 cm³/mol. The molecule has 0 saturated carbocycles. The van der Waals surface area contributed by atoms with Gasteiger partial charge in [-0.05, 0) is 23.1 Å². The van der Waals surface area contributed by atoms with Gasteiger partial charge in [0, 0.05) is 26.1 Å². The first kappa shape index (κ1) is 17.3. The number of hydrogen-bond acceptors (Lipinski definition) is 3. The van der Waals surface area contributed by atoms with Crippen LogP contribution < -0.4 is 5.32 Å². The molecule has 4 amide bonds. The quantitative estimate of drug-likeness (QED) is 0.830. The molecule has 0 radical (unpaired) electrons. The number of hydrogen-bond donors (Lipinski definition) is 1. The lowest BCUT2D eigenvalue weighted by Gasteiger charge is -2.17. The van der Waals surface area contributed by atoms with Crippen molar-refractivity contribution in [2.75, 3.05) is 6.54 Å². The van der Waals surface area contributed by atoms with Gasteiger partial charge in [0.05, 0.1) is 0 Å². The summed E-state index contributed by atoms with van der Waals surface area (Å²) in [7, 11) is 0. The molecule has 2 aromatic rings. The highest BCUT2D eigenvalue weighted by molar-refractivity contribution is 6.04. The summed E-state index contributed by atoms with van der Waals surface area (Å²) >= 11 is 0. The molecule has 2 aliphatic rings. The van der Waals surface area contributed by atoms with E-state index in [2.05, 4.69) is 5.32 Å². The second kappa shape index (κ2) is 7.23. The number of nitrogens with one attached hydrogen (secondary N) is 1. The van der Waals surface area contributed by atoms with Crippen molar-refractivity contribution in [1.29, 1.82) is 0 Å². The summed E-state index contributed by atoms with van der Waals surface area (Å²) in [4.78, 5) is 40.2. The highest BCUT2D eigenvalue weighted by atomic mass is 16.2. The largest absolute Gasteiger partial charge is 0.334 e. The Kier molecular flexibility index (Phi) is 4.62. The molecule has 2 aromatic carbocycles. The van der Waals surface area contributed by atoms with Gasteiger partial charge < -0.3 is 10.2 Å². The summed E-state index contributed by atoms with van der Waals surface area (Å²) < 4.78 is 0. The maximum Gasteiger partial charge on any atom is 0.325 e. The SMILES string of the molecule is O=C(CCCN1C(=O)N[C@H](c2ccccc2)C1=O)N1Cc2ccccc2C1. The molecule has 1 fully saturated rings. The van der Waals surface area contributed by atoms with Crippen LogP contribution in [0.1, 0.15) is 35.6 Å². The first-order valence-electron chi connectivity index (χ1n) is 9.15. The molecular formula is C21H21N3O3. The summed E-state index contributed by atoms with van der Waals surface area (Å²) in [5.41, 5.74) is 3.14.